The van der Waals surface area contributed by atoms with Gasteiger partial charge in [0.05, 0.1) is 12.7 Å². The zero-order valence-electron chi connectivity index (χ0n) is 14.5. The van der Waals surface area contributed by atoms with Crippen molar-refractivity contribution in [3.63, 3.8) is 0 Å². The molecule has 132 valence electrons. The van der Waals surface area contributed by atoms with E-state index in [4.69, 9.17) is 9.26 Å². The van der Waals surface area contributed by atoms with Crippen molar-refractivity contribution in [1.82, 2.24) is 15.0 Å². The second-order valence-corrected chi connectivity index (χ2v) is 6.83. The van der Waals surface area contributed by atoms with Gasteiger partial charge in [0.1, 0.15) is 11.8 Å². The largest absolute Gasteiger partial charge is 0.496 e. The summed E-state index contributed by atoms with van der Waals surface area (Å²) in [5.41, 5.74) is 0.582. The van der Waals surface area contributed by atoms with Crippen LogP contribution in [0, 0.1) is 0 Å². The van der Waals surface area contributed by atoms with E-state index in [1.807, 2.05) is 29.2 Å². The summed E-state index contributed by atoms with van der Waals surface area (Å²) in [6.45, 7) is 0.697. The Morgan fingerprint density at radius 2 is 2.04 bits per heavy atom. The molecule has 25 heavy (non-hydrogen) atoms. The third-order valence-corrected chi connectivity index (χ3v) is 5.04. The zero-order chi connectivity index (χ0) is 17.2. The van der Waals surface area contributed by atoms with E-state index in [1.165, 1.54) is 0 Å². The minimum Gasteiger partial charge on any atom is -0.496 e. The lowest BCUT2D eigenvalue weighted by molar-refractivity contribution is 0.0641. The average molecular weight is 341 g/mol. The Morgan fingerprint density at radius 3 is 2.84 bits per heavy atom. The predicted octanol–water partition coefficient (Wildman–Crippen LogP) is 3.71. The van der Waals surface area contributed by atoms with Crippen LogP contribution in [0.3, 0.4) is 0 Å². The maximum atomic E-state index is 13.2. The van der Waals surface area contributed by atoms with Crippen molar-refractivity contribution in [2.75, 3.05) is 13.7 Å². The van der Waals surface area contributed by atoms with Crippen molar-refractivity contribution >= 4 is 5.91 Å². The highest BCUT2D eigenvalue weighted by atomic mass is 16.5. The third kappa shape index (κ3) is 3.25. The molecule has 0 spiro atoms. The van der Waals surface area contributed by atoms with Crippen molar-refractivity contribution in [2.24, 2.45) is 0 Å². The van der Waals surface area contributed by atoms with Crippen molar-refractivity contribution in [1.29, 1.82) is 0 Å². The number of nitrogens with zero attached hydrogens (tertiary/aromatic N) is 3. The van der Waals surface area contributed by atoms with Crippen LogP contribution in [0.4, 0.5) is 0 Å². The lowest BCUT2D eigenvalue weighted by Gasteiger charge is -2.28. The molecule has 6 nitrogen and oxygen atoms in total. The summed E-state index contributed by atoms with van der Waals surface area (Å²) in [6, 6.07) is 7.21. The minimum atomic E-state index is -0.153. The molecule has 2 aliphatic rings. The Bertz CT molecular complexity index is 754. The molecular formula is C19H23N3O3. The van der Waals surface area contributed by atoms with Gasteiger partial charge in [-0.05, 0) is 37.8 Å². The fourth-order valence-electron chi connectivity index (χ4n) is 3.47. The molecule has 0 bridgehead atoms. The molecule has 4 rings (SSSR count). The Labute approximate surface area is 147 Å². The number of aromatic nitrogens is 2. The standard InChI is InChI=1S/C19H23N3O3/c1-24-16-9-5-4-7-14(16)19(23)22-12-6-2-3-8-15(22)18-20-17(21-25-18)13-10-11-13/h4-5,7,9,13,15H,2-3,6,8,10-12H2,1H3. The van der Waals surface area contributed by atoms with Gasteiger partial charge in [-0.2, -0.15) is 4.98 Å². The molecule has 1 aromatic carbocycles. The Hall–Kier alpha value is -2.37. The topological polar surface area (TPSA) is 68.5 Å². The minimum absolute atomic E-state index is 0.0319. The first kappa shape index (κ1) is 16.1. The molecule has 2 fully saturated rings. The molecule has 1 saturated heterocycles. The second kappa shape index (κ2) is 6.86. The summed E-state index contributed by atoms with van der Waals surface area (Å²) in [4.78, 5) is 19.7. The van der Waals surface area contributed by atoms with Gasteiger partial charge >= 0.3 is 0 Å². The molecule has 1 atom stereocenters. The summed E-state index contributed by atoms with van der Waals surface area (Å²) in [6.07, 6.45) is 6.27. The normalized spacial score (nSPS) is 21.0. The fourth-order valence-corrected chi connectivity index (χ4v) is 3.47. The van der Waals surface area contributed by atoms with Crippen molar-refractivity contribution in [3.8, 4) is 5.75 Å². The SMILES string of the molecule is COc1ccccc1C(=O)N1CCCCCC1c1nc(C2CC2)no1. The molecule has 6 heteroatoms. The number of para-hydroxylation sites is 1. The molecule has 1 unspecified atom stereocenters. The van der Waals surface area contributed by atoms with Gasteiger partial charge in [-0.1, -0.05) is 30.1 Å². The Kier molecular flexibility index (Phi) is 4.42. The highest BCUT2D eigenvalue weighted by molar-refractivity contribution is 5.97. The molecule has 0 radical (unpaired) electrons. The van der Waals surface area contributed by atoms with Gasteiger partial charge in [0.25, 0.3) is 5.91 Å². The van der Waals surface area contributed by atoms with Crippen LogP contribution in [0.5, 0.6) is 5.75 Å². The number of likely N-dealkylation sites (tertiary alicyclic amines) is 1. The average Bonchev–Trinajstić information content (AvgIpc) is 3.44. The lowest BCUT2D eigenvalue weighted by atomic mass is 10.1. The van der Waals surface area contributed by atoms with E-state index in [-0.39, 0.29) is 11.9 Å². The maximum Gasteiger partial charge on any atom is 0.258 e. The van der Waals surface area contributed by atoms with E-state index in [0.717, 1.165) is 44.3 Å². The molecule has 2 heterocycles. The van der Waals surface area contributed by atoms with Crippen LogP contribution in [0.2, 0.25) is 0 Å². The van der Waals surface area contributed by atoms with Crippen LogP contribution in [0.1, 0.15) is 72.6 Å². The molecular weight excluding hydrogens is 318 g/mol. The third-order valence-electron chi connectivity index (χ3n) is 5.04. The number of methoxy groups -OCH3 is 1. The van der Waals surface area contributed by atoms with Crippen molar-refractivity contribution < 1.29 is 14.1 Å². The van der Waals surface area contributed by atoms with Crippen LogP contribution in [-0.4, -0.2) is 34.6 Å². The summed E-state index contributed by atoms with van der Waals surface area (Å²) in [5, 5.41) is 4.14. The summed E-state index contributed by atoms with van der Waals surface area (Å²) in [7, 11) is 1.59. The number of rotatable bonds is 4. The van der Waals surface area contributed by atoms with E-state index in [1.54, 1.807) is 7.11 Å². The first-order valence-corrected chi connectivity index (χ1v) is 9.05. The van der Waals surface area contributed by atoms with Gasteiger partial charge in [0.15, 0.2) is 5.82 Å². The van der Waals surface area contributed by atoms with Gasteiger partial charge < -0.3 is 14.2 Å². The fraction of sp³-hybridized carbons (Fsp3) is 0.526. The van der Waals surface area contributed by atoms with Crippen LogP contribution < -0.4 is 4.74 Å². The number of carbonyl (C=O) groups is 1. The number of carbonyl (C=O) groups excluding carboxylic acids is 1. The van der Waals surface area contributed by atoms with Crippen LogP contribution in [-0.2, 0) is 0 Å². The summed E-state index contributed by atoms with van der Waals surface area (Å²) >= 11 is 0. The Balaban J connectivity index is 1.64. The van der Waals surface area contributed by atoms with E-state index < -0.39 is 0 Å². The van der Waals surface area contributed by atoms with Crippen LogP contribution in [0.25, 0.3) is 0 Å². The molecule has 1 aliphatic heterocycles. The molecule has 0 N–H and O–H groups in total. The molecule has 1 aromatic heterocycles. The van der Waals surface area contributed by atoms with E-state index >= 15 is 0 Å². The van der Waals surface area contributed by atoms with Crippen molar-refractivity contribution in [2.45, 2.75) is 50.5 Å². The van der Waals surface area contributed by atoms with Gasteiger partial charge in [0, 0.05) is 12.5 Å². The van der Waals surface area contributed by atoms with E-state index in [2.05, 4.69) is 10.1 Å². The monoisotopic (exact) mass is 341 g/mol. The smallest absolute Gasteiger partial charge is 0.258 e. The first-order chi connectivity index (χ1) is 12.3. The predicted molar refractivity (Wildman–Crippen MR) is 91.5 cm³/mol. The number of amides is 1. The van der Waals surface area contributed by atoms with E-state index in [0.29, 0.717) is 29.7 Å². The molecule has 1 saturated carbocycles. The van der Waals surface area contributed by atoms with Gasteiger partial charge in [0.2, 0.25) is 5.89 Å². The van der Waals surface area contributed by atoms with Gasteiger partial charge in [-0.25, -0.2) is 0 Å². The van der Waals surface area contributed by atoms with E-state index in [9.17, 15) is 4.79 Å². The van der Waals surface area contributed by atoms with Gasteiger partial charge in [-0.15, -0.1) is 0 Å². The molecule has 1 aliphatic carbocycles. The van der Waals surface area contributed by atoms with Crippen LogP contribution >= 0.6 is 0 Å². The van der Waals surface area contributed by atoms with Gasteiger partial charge in [-0.3, -0.25) is 4.79 Å². The highest BCUT2D eigenvalue weighted by Gasteiger charge is 2.35. The first-order valence-electron chi connectivity index (χ1n) is 9.05. The highest BCUT2D eigenvalue weighted by Crippen LogP contribution is 2.39. The summed E-state index contributed by atoms with van der Waals surface area (Å²) in [5.74, 6) is 2.38. The number of hydrogen-bond donors (Lipinski definition) is 0. The maximum absolute atomic E-state index is 13.2. The molecule has 2 aromatic rings. The van der Waals surface area contributed by atoms with Crippen molar-refractivity contribution in [3.05, 3.63) is 41.5 Å². The Morgan fingerprint density at radius 1 is 1.20 bits per heavy atom. The van der Waals surface area contributed by atoms with Crippen LogP contribution in [0.15, 0.2) is 28.8 Å². The second-order valence-electron chi connectivity index (χ2n) is 6.83. The zero-order valence-corrected chi connectivity index (χ0v) is 14.5. The lowest BCUT2D eigenvalue weighted by Crippen LogP contribution is -2.35. The number of ether oxygens (including phenoxy) is 1. The number of benzene rings is 1. The summed E-state index contributed by atoms with van der Waals surface area (Å²) < 4.78 is 10.9. The number of hydrogen-bond acceptors (Lipinski definition) is 5. The quantitative estimate of drug-likeness (QED) is 0.848. The molecule has 1 amide bonds.